The lowest BCUT2D eigenvalue weighted by Crippen LogP contribution is -1.83. The fraction of sp³-hybridized carbons (Fsp3) is 0.111. The topological polar surface area (TPSA) is 9.23 Å². The summed E-state index contributed by atoms with van der Waals surface area (Å²) in [6.07, 6.45) is 2.94. The highest BCUT2D eigenvalue weighted by atomic mass is 19.2. The molecule has 0 spiro atoms. The zero-order valence-electron chi connectivity index (χ0n) is 6.55. The minimum atomic E-state index is -0.853. The average molecular weight is 170 g/mol. The maximum atomic E-state index is 12.6. The maximum absolute atomic E-state index is 12.6. The van der Waals surface area contributed by atoms with Gasteiger partial charge >= 0.3 is 0 Å². The third-order valence-corrected chi connectivity index (χ3v) is 1.34. The van der Waals surface area contributed by atoms with Crippen molar-refractivity contribution in [3.63, 3.8) is 0 Å². The number of hydrogen-bond donors (Lipinski definition) is 0. The predicted molar refractivity (Wildman–Crippen MR) is 42.4 cm³/mol. The van der Waals surface area contributed by atoms with E-state index < -0.39 is 11.6 Å². The summed E-state index contributed by atoms with van der Waals surface area (Å²) in [5.74, 6) is -1.70. The molecule has 0 aromatic heterocycles. The van der Waals surface area contributed by atoms with E-state index in [1.165, 1.54) is 19.4 Å². The quantitative estimate of drug-likeness (QED) is 0.620. The van der Waals surface area contributed by atoms with Crippen molar-refractivity contribution in [3.8, 4) is 0 Å². The van der Waals surface area contributed by atoms with E-state index in [1.807, 2.05) is 0 Å². The Labute approximate surface area is 69.3 Å². The van der Waals surface area contributed by atoms with Crippen LogP contribution in [0.2, 0.25) is 0 Å². The molecule has 0 aliphatic heterocycles. The number of ether oxygens (including phenoxy) is 1. The smallest absolute Gasteiger partial charge is 0.159 e. The number of benzene rings is 1. The van der Waals surface area contributed by atoms with Crippen molar-refractivity contribution in [2.75, 3.05) is 7.11 Å². The molecule has 0 saturated heterocycles. The van der Waals surface area contributed by atoms with Crippen LogP contribution < -0.4 is 0 Å². The van der Waals surface area contributed by atoms with E-state index in [0.717, 1.165) is 12.1 Å². The summed E-state index contributed by atoms with van der Waals surface area (Å²) >= 11 is 0. The first-order chi connectivity index (χ1) is 5.74. The second kappa shape index (κ2) is 3.85. The molecule has 0 aliphatic rings. The summed E-state index contributed by atoms with van der Waals surface area (Å²) in [6, 6.07) is 3.64. The van der Waals surface area contributed by atoms with E-state index in [2.05, 4.69) is 4.74 Å². The molecule has 0 unspecified atom stereocenters. The monoisotopic (exact) mass is 170 g/mol. The molecule has 0 radical (unpaired) electrons. The van der Waals surface area contributed by atoms with Crippen molar-refractivity contribution >= 4 is 6.08 Å². The van der Waals surface area contributed by atoms with E-state index in [9.17, 15) is 8.78 Å². The Bertz CT molecular complexity index is 295. The van der Waals surface area contributed by atoms with Crippen molar-refractivity contribution in [3.05, 3.63) is 41.7 Å². The third kappa shape index (κ3) is 2.05. The molecule has 1 rings (SSSR count). The first kappa shape index (κ1) is 8.71. The molecule has 12 heavy (non-hydrogen) atoms. The van der Waals surface area contributed by atoms with E-state index >= 15 is 0 Å². The molecule has 0 aliphatic carbocycles. The van der Waals surface area contributed by atoms with Crippen LogP contribution in [0.5, 0.6) is 0 Å². The van der Waals surface area contributed by atoms with E-state index in [-0.39, 0.29) is 0 Å². The summed E-state index contributed by atoms with van der Waals surface area (Å²) in [4.78, 5) is 0. The Kier molecular flexibility index (Phi) is 2.80. The second-order valence-corrected chi connectivity index (χ2v) is 2.21. The Morgan fingerprint density at radius 1 is 1.25 bits per heavy atom. The highest BCUT2D eigenvalue weighted by Crippen LogP contribution is 2.09. The largest absolute Gasteiger partial charge is 0.504 e. The Hall–Kier alpha value is -1.38. The lowest BCUT2D eigenvalue weighted by atomic mass is 10.2. The standard InChI is InChI=1S/C9H8F2O/c1-12-5-4-7-2-3-8(10)9(11)6-7/h2-6H,1H3/b5-4+. The number of hydrogen-bond acceptors (Lipinski definition) is 1. The van der Waals surface area contributed by atoms with Gasteiger partial charge in [0.2, 0.25) is 0 Å². The van der Waals surface area contributed by atoms with Crippen molar-refractivity contribution in [2.24, 2.45) is 0 Å². The normalized spacial score (nSPS) is 10.6. The van der Waals surface area contributed by atoms with Crippen molar-refractivity contribution in [1.29, 1.82) is 0 Å². The van der Waals surface area contributed by atoms with Gasteiger partial charge in [0, 0.05) is 0 Å². The van der Waals surface area contributed by atoms with Crippen LogP contribution in [-0.2, 0) is 4.74 Å². The zero-order valence-corrected chi connectivity index (χ0v) is 6.55. The van der Waals surface area contributed by atoms with Gasteiger partial charge in [-0.15, -0.1) is 0 Å². The van der Waals surface area contributed by atoms with Gasteiger partial charge in [0.1, 0.15) is 0 Å². The molecule has 0 atom stereocenters. The van der Waals surface area contributed by atoms with Crippen LogP contribution in [0.25, 0.3) is 6.08 Å². The number of rotatable bonds is 2. The third-order valence-electron chi connectivity index (χ3n) is 1.34. The molecule has 0 saturated carbocycles. The fourth-order valence-electron chi connectivity index (χ4n) is 0.763. The van der Waals surface area contributed by atoms with E-state index in [1.54, 1.807) is 6.08 Å². The Morgan fingerprint density at radius 2 is 2.00 bits per heavy atom. The summed E-state index contributed by atoms with van der Waals surface area (Å²) in [7, 11) is 1.48. The van der Waals surface area contributed by atoms with E-state index in [4.69, 9.17) is 0 Å². The van der Waals surface area contributed by atoms with Crippen molar-refractivity contribution < 1.29 is 13.5 Å². The first-order valence-corrected chi connectivity index (χ1v) is 3.38. The maximum Gasteiger partial charge on any atom is 0.159 e. The van der Waals surface area contributed by atoms with Crippen LogP contribution in [-0.4, -0.2) is 7.11 Å². The van der Waals surface area contributed by atoms with Crippen LogP contribution in [0.15, 0.2) is 24.5 Å². The summed E-state index contributed by atoms with van der Waals surface area (Å²) in [6.45, 7) is 0. The molecular weight excluding hydrogens is 162 g/mol. The molecule has 0 N–H and O–H groups in total. The highest BCUT2D eigenvalue weighted by molar-refractivity contribution is 5.47. The predicted octanol–water partition coefficient (Wildman–Crippen LogP) is 2.58. The minimum absolute atomic E-state index is 0.566. The molecule has 1 aromatic carbocycles. The van der Waals surface area contributed by atoms with Gasteiger partial charge in [-0.3, -0.25) is 0 Å². The molecule has 1 nitrogen and oxygen atoms in total. The van der Waals surface area contributed by atoms with Gasteiger partial charge in [-0.05, 0) is 23.8 Å². The van der Waals surface area contributed by atoms with Crippen molar-refractivity contribution in [1.82, 2.24) is 0 Å². The molecule has 64 valence electrons. The Morgan fingerprint density at radius 3 is 2.58 bits per heavy atom. The van der Waals surface area contributed by atoms with Gasteiger partial charge < -0.3 is 4.74 Å². The van der Waals surface area contributed by atoms with Gasteiger partial charge in [0.15, 0.2) is 11.6 Å². The van der Waals surface area contributed by atoms with Gasteiger partial charge in [0.05, 0.1) is 13.4 Å². The zero-order chi connectivity index (χ0) is 8.97. The second-order valence-electron chi connectivity index (χ2n) is 2.21. The highest BCUT2D eigenvalue weighted by Gasteiger charge is 1.99. The summed E-state index contributed by atoms with van der Waals surface area (Å²) in [5.41, 5.74) is 0.566. The van der Waals surface area contributed by atoms with Gasteiger partial charge in [-0.25, -0.2) is 8.78 Å². The van der Waals surface area contributed by atoms with Gasteiger partial charge in [-0.2, -0.15) is 0 Å². The first-order valence-electron chi connectivity index (χ1n) is 3.38. The van der Waals surface area contributed by atoms with Crippen LogP contribution in [0.3, 0.4) is 0 Å². The van der Waals surface area contributed by atoms with Crippen molar-refractivity contribution in [2.45, 2.75) is 0 Å². The van der Waals surface area contributed by atoms with Gasteiger partial charge in [-0.1, -0.05) is 6.07 Å². The molecular formula is C9H8F2O. The van der Waals surface area contributed by atoms with Crippen LogP contribution in [0.1, 0.15) is 5.56 Å². The number of halogens is 2. The van der Waals surface area contributed by atoms with Crippen LogP contribution in [0, 0.1) is 11.6 Å². The summed E-state index contributed by atoms with van der Waals surface area (Å²) in [5, 5.41) is 0. The van der Waals surface area contributed by atoms with Crippen LogP contribution >= 0.6 is 0 Å². The molecule has 3 heteroatoms. The lowest BCUT2D eigenvalue weighted by Gasteiger charge is -1.94. The summed E-state index contributed by atoms with van der Waals surface area (Å²) < 4.78 is 29.6. The molecule has 0 fully saturated rings. The van der Waals surface area contributed by atoms with E-state index in [0.29, 0.717) is 5.56 Å². The molecule has 0 heterocycles. The minimum Gasteiger partial charge on any atom is -0.504 e. The Balaban J connectivity index is 2.89. The SMILES string of the molecule is CO/C=C/c1ccc(F)c(F)c1. The molecule has 0 bridgehead atoms. The molecule has 1 aromatic rings. The van der Waals surface area contributed by atoms with Crippen LogP contribution in [0.4, 0.5) is 8.78 Å². The average Bonchev–Trinajstić information content (AvgIpc) is 2.07. The lowest BCUT2D eigenvalue weighted by molar-refractivity contribution is 0.341. The van der Waals surface area contributed by atoms with Gasteiger partial charge in [0.25, 0.3) is 0 Å². The number of methoxy groups -OCH3 is 1. The fourth-order valence-corrected chi connectivity index (χ4v) is 0.763. The molecule has 0 amide bonds.